The summed E-state index contributed by atoms with van der Waals surface area (Å²) in [5, 5.41) is 0. The molecule has 25 heavy (non-hydrogen) atoms. The number of aromatic nitrogens is 4. The summed E-state index contributed by atoms with van der Waals surface area (Å²) < 4.78 is 6.27. The normalized spacial score (nSPS) is 23.9. The standard InChI is InChI=1S/C18H24N6O/c1-2-15-10-21-17(22-11-15)24-8-9-25-18(14-24)4-3-7-23(13-18)16-12-19-5-6-20-16/h5-6,10-12H,2-4,7-9,13-14H2,1H3/t18-/m1/s1. The first kappa shape index (κ1) is 16.2. The Morgan fingerprint density at radius 2 is 1.88 bits per heavy atom. The van der Waals surface area contributed by atoms with Gasteiger partial charge in [-0.3, -0.25) is 4.98 Å². The fourth-order valence-corrected chi connectivity index (χ4v) is 3.70. The first-order valence-electron chi connectivity index (χ1n) is 8.99. The molecule has 7 heteroatoms. The number of anilines is 2. The van der Waals surface area contributed by atoms with Crippen LogP contribution >= 0.6 is 0 Å². The second kappa shape index (κ2) is 6.92. The smallest absolute Gasteiger partial charge is 0.225 e. The minimum absolute atomic E-state index is 0.194. The van der Waals surface area contributed by atoms with Gasteiger partial charge in [-0.25, -0.2) is 15.0 Å². The highest BCUT2D eigenvalue weighted by Gasteiger charge is 2.41. The van der Waals surface area contributed by atoms with Crippen LogP contribution in [0.4, 0.5) is 11.8 Å². The van der Waals surface area contributed by atoms with Gasteiger partial charge in [-0.05, 0) is 24.8 Å². The van der Waals surface area contributed by atoms with Crippen molar-refractivity contribution in [2.45, 2.75) is 31.8 Å². The first-order chi connectivity index (χ1) is 12.3. The number of rotatable bonds is 3. The Kier molecular flexibility index (Phi) is 4.48. The molecule has 0 saturated carbocycles. The van der Waals surface area contributed by atoms with Crippen molar-refractivity contribution in [1.29, 1.82) is 0 Å². The maximum Gasteiger partial charge on any atom is 0.225 e. The second-order valence-corrected chi connectivity index (χ2v) is 6.79. The SMILES string of the molecule is CCc1cnc(N2CCO[C@@]3(CCCN(c4cnccn4)C3)C2)nc1. The third kappa shape index (κ3) is 3.42. The molecule has 0 N–H and O–H groups in total. The summed E-state index contributed by atoms with van der Waals surface area (Å²) in [4.78, 5) is 22.3. The largest absolute Gasteiger partial charge is 0.369 e. The molecular weight excluding hydrogens is 316 g/mol. The van der Waals surface area contributed by atoms with Gasteiger partial charge in [0.1, 0.15) is 11.4 Å². The van der Waals surface area contributed by atoms with E-state index in [-0.39, 0.29) is 5.60 Å². The molecule has 2 aliphatic rings. The highest BCUT2D eigenvalue weighted by Crippen LogP contribution is 2.31. The van der Waals surface area contributed by atoms with E-state index in [1.165, 1.54) is 5.56 Å². The Morgan fingerprint density at radius 1 is 1.04 bits per heavy atom. The lowest BCUT2D eigenvalue weighted by Gasteiger charge is -2.48. The van der Waals surface area contributed by atoms with Crippen molar-refractivity contribution >= 4 is 11.8 Å². The van der Waals surface area contributed by atoms with Gasteiger partial charge >= 0.3 is 0 Å². The Bertz CT molecular complexity index is 690. The van der Waals surface area contributed by atoms with Crippen molar-refractivity contribution < 1.29 is 4.74 Å². The van der Waals surface area contributed by atoms with Crippen LogP contribution in [0, 0.1) is 0 Å². The van der Waals surface area contributed by atoms with Gasteiger partial charge in [-0.15, -0.1) is 0 Å². The highest BCUT2D eigenvalue weighted by molar-refractivity contribution is 5.38. The molecule has 0 aliphatic carbocycles. The van der Waals surface area contributed by atoms with Crippen molar-refractivity contribution in [2.75, 3.05) is 42.6 Å². The van der Waals surface area contributed by atoms with Gasteiger partial charge in [0.25, 0.3) is 0 Å². The molecule has 2 saturated heterocycles. The molecule has 2 aromatic heterocycles. The lowest BCUT2D eigenvalue weighted by Crippen LogP contribution is -2.60. The van der Waals surface area contributed by atoms with Gasteiger partial charge in [0, 0.05) is 37.9 Å². The number of hydrogen-bond donors (Lipinski definition) is 0. The van der Waals surface area contributed by atoms with Crippen molar-refractivity contribution in [3.8, 4) is 0 Å². The number of hydrogen-bond acceptors (Lipinski definition) is 7. The van der Waals surface area contributed by atoms with Gasteiger partial charge < -0.3 is 14.5 Å². The number of nitrogens with zero attached hydrogens (tertiary/aromatic N) is 6. The average Bonchev–Trinajstić information content (AvgIpc) is 2.69. The molecule has 2 fully saturated rings. The molecule has 2 aromatic rings. The third-order valence-electron chi connectivity index (χ3n) is 5.04. The molecule has 0 bridgehead atoms. The zero-order chi connectivity index (χ0) is 17.1. The van der Waals surface area contributed by atoms with Crippen molar-refractivity contribution in [3.63, 3.8) is 0 Å². The number of morpholine rings is 1. The summed E-state index contributed by atoms with van der Waals surface area (Å²) in [5.74, 6) is 1.72. The third-order valence-corrected chi connectivity index (χ3v) is 5.04. The molecule has 132 valence electrons. The van der Waals surface area contributed by atoms with E-state index in [0.717, 1.165) is 57.2 Å². The van der Waals surface area contributed by atoms with Gasteiger partial charge in [0.05, 0.1) is 25.9 Å². The van der Waals surface area contributed by atoms with Gasteiger partial charge in [0.15, 0.2) is 0 Å². The minimum atomic E-state index is -0.194. The molecule has 0 amide bonds. The summed E-state index contributed by atoms with van der Waals surface area (Å²) in [7, 11) is 0. The second-order valence-electron chi connectivity index (χ2n) is 6.79. The predicted octanol–water partition coefficient (Wildman–Crippen LogP) is 1.70. The van der Waals surface area contributed by atoms with Crippen molar-refractivity contribution in [3.05, 3.63) is 36.5 Å². The van der Waals surface area contributed by atoms with Crippen molar-refractivity contribution in [1.82, 2.24) is 19.9 Å². The van der Waals surface area contributed by atoms with E-state index in [4.69, 9.17) is 4.74 Å². The van der Waals surface area contributed by atoms with Crippen LogP contribution in [0.3, 0.4) is 0 Å². The summed E-state index contributed by atoms with van der Waals surface area (Å²) in [6.45, 7) is 6.28. The van der Waals surface area contributed by atoms with Crippen LogP contribution < -0.4 is 9.80 Å². The van der Waals surface area contributed by atoms with Crippen LogP contribution in [0.1, 0.15) is 25.3 Å². The van der Waals surface area contributed by atoms with Gasteiger partial charge in [-0.1, -0.05) is 6.92 Å². The van der Waals surface area contributed by atoms with E-state index in [1.54, 1.807) is 12.4 Å². The topological polar surface area (TPSA) is 67.3 Å². The molecule has 0 radical (unpaired) electrons. The quantitative estimate of drug-likeness (QED) is 0.842. The predicted molar refractivity (Wildman–Crippen MR) is 95.8 cm³/mol. The van der Waals surface area contributed by atoms with Crippen LogP contribution in [-0.2, 0) is 11.2 Å². The zero-order valence-electron chi connectivity index (χ0n) is 14.6. The van der Waals surface area contributed by atoms with Crippen LogP contribution in [0.15, 0.2) is 31.0 Å². The van der Waals surface area contributed by atoms with E-state index >= 15 is 0 Å². The fraction of sp³-hybridized carbons (Fsp3) is 0.556. The summed E-state index contributed by atoms with van der Waals surface area (Å²) in [6.07, 6.45) is 12.2. The molecule has 0 unspecified atom stereocenters. The van der Waals surface area contributed by atoms with Gasteiger partial charge in [0.2, 0.25) is 5.95 Å². The molecule has 2 aliphatic heterocycles. The van der Waals surface area contributed by atoms with E-state index in [0.29, 0.717) is 6.61 Å². The molecule has 1 atom stereocenters. The zero-order valence-corrected chi connectivity index (χ0v) is 14.6. The van der Waals surface area contributed by atoms with Crippen molar-refractivity contribution in [2.24, 2.45) is 0 Å². The van der Waals surface area contributed by atoms with Crippen LogP contribution in [0.5, 0.6) is 0 Å². The Hall–Kier alpha value is -2.28. The Labute approximate surface area is 148 Å². The fourth-order valence-electron chi connectivity index (χ4n) is 3.70. The van der Waals surface area contributed by atoms with Crippen LogP contribution in [-0.4, -0.2) is 58.3 Å². The average molecular weight is 340 g/mol. The Balaban J connectivity index is 1.50. The summed E-state index contributed by atoms with van der Waals surface area (Å²) in [5.41, 5.74) is 0.971. The van der Waals surface area contributed by atoms with Gasteiger partial charge in [-0.2, -0.15) is 0 Å². The summed E-state index contributed by atoms with van der Waals surface area (Å²) >= 11 is 0. The first-order valence-corrected chi connectivity index (χ1v) is 8.99. The van der Waals surface area contributed by atoms with E-state index in [2.05, 4.69) is 36.7 Å². The monoisotopic (exact) mass is 340 g/mol. The lowest BCUT2D eigenvalue weighted by atomic mass is 9.90. The van der Waals surface area contributed by atoms with Crippen LogP contribution in [0.25, 0.3) is 0 Å². The maximum absolute atomic E-state index is 6.27. The number of ether oxygens (including phenoxy) is 1. The number of piperidine rings is 1. The molecular formula is C18H24N6O. The minimum Gasteiger partial charge on any atom is -0.369 e. The van der Waals surface area contributed by atoms with E-state index in [1.807, 2.05) is 18.6 Å². The molecule has 0 aromatic carbocycles. The molecule has 4 heterocycles. The summed E-state index contributed by atoms with van der Waals surface area (Å²) in [6, 6.07) is 0. The van der Waals surface area contributed by atoms with E-state index < -0.39 is 0 Å². The maximum atomic E-state index is 6.27. The lowest BCUT2D eigenvalue weighted by molar-refractivity contribution is -0.0634. The highest BCUT2D eigenvalue weighted by atomic mass is 16.5. The molecule has 7 nitrogen and oxygen atoms in total. The van der Waals surface area contributed by atoms with E-state index in [9.17, 15) is 0 Å². The number of aryl methyl sites for hydroxylation is 1. The van der Waals surface area contributed by atoms with Crippen LogP contribution in [0.2, 0.25) is 0 Å². The Morgan fingerprint density at radius 3 is 2.64 bits per heavy atom. The molecule has 4 rings (SSSR count). The molecule has 1 spiro atoms.